The molecular formula is C16H14N2O. The third-order valence-corrected chi connectivity index (χ3v) is 2.60. The summed E-state index contributed by atoms with van der Waals surface area (Å²) in [6.07, 6.45) is 5.31. The predicted octanol–water partition coefficient (Wildman–Crippen LogP) is 3.62. The molecule has 0 heterocycles. The van der Waals surface area contributed by atoms with E-state index < -0.39 is 0 Å². The summed E-state index contributed by atoms with van der Waals surface area (Å²) in [6.45, 7) is 2.00. The summed E-state index contributed by atoms with van der Waals surface area (Å²) in [4.78, 5) is 11.8. The second-order valence-electron chi connectivity index (χ2n) is 4.17. The van der Waals surface area contributed by atoms with E-state index in [1.807, 2.05) is 37.3 Å². The van der Waals surface area contributed by atoms with Gasteiger partial charge in [-0.15, -0.1) is 6.42 Å². The number of anilines is 2. The fourth-order valence-electron chi connectivity index (χ4n) is 1.62. The summed E-state index contributed by atoms with van der Waals surface area (Å²) in [7, 11) is 0. The summed E-state index contributed by atoms with van der Waals surface area (Å²) < 4.78 is 0. The van der Waals surface area contributed by atoms with Crippen molar-refractivity contribution in [2.75, 3.05) is 10.6 Å². The van der Waals surface area contributed by atoms with Gasteiger partial charge in [0.1, 0.15) is 0 Å². The third kappa shape index (κ3) is 3.62. The maximum atomic E-state index is 11.8. The predicted molar refractivity (Wildman–Crippen MR) is 78.2 cm³/mol. The molecule has 0 aliphatic carbocycles. The van der Waals surface area contributed by atoms with Crippen molar-refractivity contribution in [2.24, 2.45) is 0 Å². The number of carbonyl (C=O) groups is 1. The Morgan fingerprint density at radius 2 is 1.74 bits per heavy atom. The average Bonchev–Trinajstić information content (AvgIpc) is 2.41. The zero-order valence-electron chi connectivity index (χ0n) is 10.6. The lowest BCUT2D eigenvalue weighted by molar-refractivity contribution is 0.262. The smallest absolute Gasteiger partial charge is 0.308 e. The highest BCUT2D eigenvalue weighted by Gasteiger charge is 2.02. The van der Waals surface area contributed by atoms with E-state index >= 15 is 0 Å². The Morgan fingerprint density at radius 3 is 2.42 bits per heavy atom. The van der Waals surface area contributed by atoms with Crippen molar-refractivity contribution in [3.8, 4) is 12.3 Å². The van der Waals surface area contributed by atoms with Gasteiger partial charge in [0, 0.05) is 16.9 Å². The number of benzene rings is 2. The van der Waals surface area contributed by atoms with E-state index in [1.165, 1.54) is 0 Å². The molecule has 0 aliphatic heterocycles. The number of amides is 2. The molecule has 2 aromatic carbocycles. The van der Waals surface area contributed by atoms with E-state index in [0.717, 1.165) is 16.8 Å². The Bertz CT molecular complexity index is 624. The molecule has 3 heteroatoms. The van der Waals surface area contributed by atoms with Crippen molar-refractivity contribution < 1.29 is 4.79 Å². The lowest BCUT2D eigenvalue weighted by Gasteiger charge is -2.08. The molecule has 0 saturated carbocycles. The average molecular weight is 250 g/mol. The Hall–Kier alpha value is -2.73. The van der Waals surface area contributed by atoms with Crippen LogP contribution in [0.1, 0.15) is 11.1 Å². The van der Waals surface area contributed by atoms with Crippen molar-refractivity contribution >= 4 is 17.4 Å². The van der Waals surface area contributed by atoms with Crippen LogP contribution in [0.4, 0.5) is 16.2 Å². The lowest BCUT2D eigenvalue weighted by atomic mass is 10.2. The second kappa shape index (κ2) is 5.74. The minimum absolute atomic E-state index is 0.293. The van der Waals surface area contributed by atoms with Gasteiger partial charge in [0.05, 0.1) is 0 Å². The van der Waals surface area contributed by atoms with Gasteiger partial charge in [-0.3, -0.25) is 0 Å². The zero-order valence-corrected chi connectivity index (χ0v) is 10.6. The molecule has 2 amide bonds. The Labute approximate surface area is 112 Å². The molecule has 3 nitrogen and oxygen atoms in total. The highest BCUT2D eigenvalue weighted by Crippen LogP contribution is 2.12. The van der Waals surface area contributed by atoms with Crippen molar-refractivity contribution in [2.45, 2.75) is 6.92 Å². The monoisotopic (exact) mass is 250 g/mol. The van der Waals surface area contributed by atoms with Crippen LogP contribution in [0.5, 0.6) is 0 Å². The van der Waals surface area contributed by atoms with Crippen LogP contribution in [0.2, 0.25) is 0 Å². The van der Waals surface area contributed by atoms with E-state index in [4.69, 9.17) is 6.42 Å². The third-order valence-electron chi connectivity index (χ3n) is 2.60. The molecule has 0 saturated heterocycles. The standard InChI is InChI=1S/C16H14N2O/c1-3-13-5-4-6-15(11-13)18-16(19)17-14-9-7-12(2)8-10-14/h1,4-11H,2H3,(H2,17,18,19). The van der Waals surface area contributed by atoms with E-state index in [-0.39, 0.29) is 6.03 Å². The molecule has 2 aromatic rings. The molecule has 2 rings (SSSR count). The van der Waals surface area contributed by atoms with Crippen LogP contribution in [-0.4, -0.2) is 6.03 Å². The van der Waals surface area contributed by atoms with E-state index in [1.54, 1.807) is 18.2 Å². The first-order valence-electron chi connectivity index (χ1n) is 5.89. The number of carbonyl (C=O) groups excluding carboxylic acids is 1. The molecule has 0 unspecified atom stereocenters. The summed E-state index contributed by atoms with van der Waals surface area (Å²) in [6, 6.07) is 14.4. The quantitative estimate of drug-likeness (QED) is 0.785. The van der Waals surface area contributed by atoms with Gasteiger partial charge in [0.15, 0.2) is 0 Å². The molecule has 0 aliphatic rings. The van der Waals surface area contributed by atoms with Crippen LogP contribution < -0.4 is 10.6 Å². The lowest BCUT2D eigenvalue weighted by Crippen LogP contribution is -2.19. The van der Waals surface area contributed by atoms with Crippen LogP contribution >= 0.6 is 0 Å². The SMILES string of the molecule is C#Cc1cccc(NC(=O)Nc2ccc(C)cc2)c1. The molecule has 19 heavy (non-hydrogen) atoms. The van der Waals surface area contributed by atoms with Crippen molar-refractivity contribution in [3.05, 3.63) is 59.7 Å². The van der Waals surface area contributed by atoms with Crippen molar-refractivity contribution in [1.29, 1.82) is 0 Å². The van der Waals surface area contributed by atoms with Crippen molar-refractivity contribution in [3.63, 3.8) is 0 Å². The molecule has 94 valence electrons. The minimum Gasteiger partial charge on any atom is -0.308 e. The number of aryl methyl sites for hydroxylation is 1. The first-order chi connectivity index (χ1) is 9.17. The van der Waals surface area contributed by atoms with Crippen LogP contribution in [0.25, 0.3) is 0 Å². The first-order valence-corrected chi connectivity index (χ1v) is 5.89. The number of hydrogen-bond acceptors (Lipinski definition) is 1. The highest BCUT2D eigenvalue weighted by molar-refractivity contribution is 5.99. The van der Waals surface area contributed by atoms with Crippen molar-refractivity contribution in [1.82, 2.24) is 0 Å². The molecule has 0 aromatic heterocycles. The highest BCUT2D eigenvalue weighted by atomic mass is 16.2. The molecule has 0 spiro atoms. The zero-order chi connectivity index (χ0) is 13.7. The topological polar surface area (TPSA) is 41.1 Å². The summed E-state index contributed by atoms with van der Waals surface area (Å²) in [5, 5.41) is 5.49. The van der Waals surface area contributed by atoms with Crippen LogP contribution in [0.3, 0.4) is 0 Å². The fourth-order valence-corrected chi connectivity index (χ4v) is 1.62. The van der Waals surface area contributed by atoms with Gasteiger partial charge < -0.3 is 10.6 Å². The van der Waals surface area contributed by atoms with E-state index in [2.05, 4.69) is 16.6 Å². The summed E-state index contributed by atoms with van der Waals surface area (Å²) in [5.41, 5.74) is 3.29. The van der Waals surface area contributed by atoms with Gasteiger partial charge in [-0.25, -0.2) is 4.79 Å². The van der Waals surface area contributed by atoms with Gasteiger partial charge in [0.2, 0.25) is 0 Å². The number of urea groups is 1. The Morgan fingerprint density at radius 1 is 1.05 bits per heavy atom. The molecule has 2 N–H and O–H groups in total. The summed E-state index contributed by atoms with van der Waals surface area (Å²) in [5.74, 6) is 2.52. The second-order valence-corrected chi connectivity index (χ2v) is 4.17. The van der Waals surface area contributed by atoms with Gasteiger partial charge in [-0.1, -0.05) is 29.7 Å². The number of rotatable bonds is 2. The Balaban J connectivity index is 2.01. The minimum atomic E-state index is -0.293. The Kier molecular flexibility index (Phi) is 3.84. The van der Waals surface area contributed by atoms with Crippen LogP contribution in [-0.2, 0) is 0 Å². The van der Waals surface area contributed by atoms with Gasteiger partial charge in [0.25, 0.3) is 0 Å². The first kappa shape index (κ1) is 12.7. The van der Waals surface area contributed by atoms with Crippen LogP contribution in [0, 0.1) is 19.3 Å². The molecule has 0 bridgehead atoms. The molecule has 0 fully saturated rings. The van der Waals surface area contributed by atoms with Crippen LogP contribution in [0.15, 0.2) is 48.5 Å². The largest absolute Gasteiger partial charge is 0.323 e. The number of hydrogen-bond donors (Lipinski definition) is 2. The molecular weight excluding hydrogens is 236 g/mol. The summed E-state index contributed by atoms with van der Waals surface area (Å²) >= 11 is 0. The maximum Gasteiger partial charge on any atom is 0.323 e. The normalized spacial score (nSPS) is 9.47. The van der Waals surface area contributed by atoms with Gasteiger partial charge in [-0.05, 0) is 37.3 Å². The van der Waals surface area contributed by atoms with Gasteiger partial charge >= 0.3 is 6.03 Å². The fraction of sp³-hybridized carbons (Fsp3) is 0.0625. The number of terminal acetylenes is 1. The number of nitrogens with one attached hydrogen (secondary N) is 2. The molecule has 0 atom stereocenters. The molecule has 0 radical (unpaired) electrons. The maximum absolute atomic E-state index is 11.8. The van der Waals surface area contributed by atoms with E-state index in [9.17, 15) is 4.79 Å². The van der Waals surface area contributed by atoms with Gasteiger partial charge in [-0.2, -0.15) is 0 Å². The van der Waals surface area contributed by atoms with E-state index in [0.29, 0.717) is 5.69 Å².